The molecule has 0 bridgehead atoms. The first kappa shape index (κ1) is 21.2. The first-order chi connectivity index (χ1) is 13.2. The summed E-state index contributed by atoms with van der Waals surface area (Å²) in [6.45, 7) is 5.54. The SMILES string of the molecule is C=CCNC(=O)c1ccccc1NC(=O)c1cccc(N(C)S(C)(=O)=O)c1C. The lowest BCUT2D eigenvalue weighted by Crippen LogP contribution is -2.27. The molecule has 2 aromatic carbocycles. The van der Waals surface area contributed by atoms with Crippen LogP contribution < -0.4 is 14.9 Å². The maximum Gasteiger partial charge on any atom is 0.256 e. The molecule has 0 aliphatic heterocycles. The molecule has 0 saturated heterocycles. The molecule has 2 aromatic rings. The minimum Gasteiger partial charge on any atom is -0.349 e. The molecule has 0 aromatic heterocycles. The summed E-state index contributed by atoms with van der Waals surface area (Å²) in [5, 5.41) is 5.41. The third kappa shape index (κ3) is 4.77. The second-order valence-electron chi connectivity index (χ2n) is 6.18. The molecule has 0 unspecified atom stereocenters. The first-order valence-corrected chi connectivity index (χ1v) is 10.3. The van der Waals surface area contributed by atoms with Crippen LogP contribution in [0.25, 0.3) is 0 Å². The van der Waals surface area contributed by atoms with Gasteiger partial charge in [-0.1, -0.05) is 24.3 Å². The Kier molecular flexibility index (Phi) is 6.58. The molecule has 0 spiro atoms. The van der Waals surface area contributed by atoms with Gasteiger partial charge in [0.15, 0.2) is 0 Å². The molecule has 0 aliphatic carbocycles. The molecule has 28 heavy (non-hydrogen) atoms. The van der Waals surface area contributed by atoms with Crippen molar-refractivity contribution in [2.75, 3.05) is 29.5 Å². The number of nitrogens with one attached hydrogen (secondary N) is 2. The third-order valence-electron chi connectivity index (χ3n) is 4.21. The van der Waals surface area contributed by atoms with E-state index in [9.17, 15) is 18.0 Å². The van der Waals surface area contributed by atoms with Crippen LogP contribution in [-0.4, -0.2) is 40.1 Å². The lowest BCUT2D eigenvalue weighted by atomic mass is 10.1. The largest absolute Gasteiger partial charge is 0.349 e. The van der Waals surface area contributed by atoms with Crippen LogP contribution in [0.2, 0.25) is 0 Å². The smallest absolute Gasteiger partial charge is 0.256 e. The van der Waals surface area contributed by atoms with E-state index in [1.807, 2.05) is 0 Å². The summed E-state index contributed by atoms with van der Waals surface area (Å²) in [4.78, 5) is 25.1. The Labute approximate surface area is 165 Å². The second kappa shape index (κ2) is 8.71. The summed E-state index contributed by atoms with van der Waals surface area (Å²) >= 11 is 0. The van der Waals surface area contributed by atoms with Gasteiger partial charge in [-0.2, -0.15) is 0 Å². The van der Waals surface area contributed by atoms with Crippen molar-refractivity contribution in [1.29, 1.82) is 0 Å². The highest BCUT2D eigenvalue weighted by Gasteiger charge is 2.20. The monoisotopic (exact) mass is 401 g/mol. The lowest BCUT2D eigenvalue weighted by molar-refractivity contribution is 0.0959. The maximum absolute atomic E-state index is 12.8. The number of carbonyl (C=O) groups is 2. The summed E-state index contributed by atoms with van der Waals surface area (Å²) < 4.78 is 24.8. The van der Waals surface area contributed by atoms with Gasteiger partial charge in [0.1, 0.15) is 0 Å². The number of amides is 2. The number of hydrogen-bond acceptors (Lipinski definition) is 4. The minimum atomic E-state index is -3.47. The van der Waals surface area contributed by atoms with E-state index in [-0.39, 0.29) is 5.91 Å². The number of rotatable bonds is 7. The average molecular weight is 401 g/mol. The molecule has 8 heteroatoms. The van der Waals surface area contributed by atoms with Gasteiger partial charge in [-0.15, -0.1) is 6.58 Å². The second-order valence-corrected chi connectivity index (χ2v) is 8.19. The Bertz CT molecular complexity index is 1020. The van der Waals surface area contributed by atoms with Gasteiger partial charge in [0.2, 0.25) is 10.0 Å². The van der Waals surface area contributed by atoms with Crippen molar-refractivity contribution in [3.8, 4) is 0 Å². The number of anilines is 2. The molecule has 2 rings (SSSR count). The summed E-state index contributed by atoms with van der Waals surface area (Å²) in [6, 6.07) is 11.5. The van der Waals surface area contributed by atoms with Gasteiger partial charge in [0, 0.05) is 19.2 Å². The number of hydrogen-bond donors (Lipinski definition) is 2. The predicted octanol–water partition coefficient (Wildman–Crippen LogP) is 2.56. The van der Waals surface area contributed by atoms with E-state index >= 15 is 0 Å². The van der Waals surface area contributed by atoms with Crippen molar-refractivity contribution < 1.29 is 18.0 Å². The highest BCUT2D eigenvalue weighted by molar-refractivity contribution is 7.92. The van der Waals surface area contributed by atoms with Crippen LogP contribution in [0, 0.1) is 6.92 Å². The van der Waals surface area contributed by atoms with E-state index in [4.69, 9.17) is 0 Å². The van der Waals surface area contributed by atoms with Gasteiger partial charge >= 0.3 is 0 Å². The van der Waals surface area contributed by atoms with E-state index in [1.165, 1.54) is 7.05 Å². The van der Waals surface area contributed by atoms with Gasteiger partial charge in [0.05, 0.1) is 23.2 Å². The average Bonchev–Trinajstić information content (AvgIpc) is 2.65. The zero-order valence-corrected chi connectivity index (χ0v) is 16.8. The van der Waals surface area contributed by atoms with E-state index < -0.39 is 15.9 Å². The molecule has 0 heterocycles. The van der Waals surface area contributed by atoms with Gasteiger partial charge in [-0.05, 0) is 36.8 Å². The third-order valence-corrected chi connectivity index (χ3v) is 5.41. The van der Waals surface area contributed by atoms with E-state index in [1.54, 1.807) is 55.5 Å². The number of carbonyl (C=O) groups excluding carboxylic acids is 2. The molecule has 0 saturated carbocycles. The van der Waals surface area contributed by atoms with Crippen molar-refractivity contribution in [3.63, 3.8) is 0 Å². The molecule has 0 aliphatic rings. The van der Waals surface area contributed by atoms with Gasteiger partial charge in [-0.3, -0.25) is 13.9 Å². The van der Waals surface area contributed by atoms with Crippen LogP contribution in [0.1, 0.15) is 26.3 Å². The first-order valence-electron chi connectivity index (χ1n) is 8.49. The van der Waals surface area contributed by atoms with E-state index in [0.717, 1.165) is 10.6 Å². The van der Waals surface area contributed by atoms with Crippen LogP contribution in [0.5, 0.6) is 0 Å². The summed E-state index contributed by atoms with van der Waals surface area (Å²) in [6.07, 6.45) is 2.66. The summed E-state index contributed by atoms with van der Waals surface area (Å²) in [5.74, 6) is -0.775. The molecule has 148 valence electrons. The van der Waals surface area contributed by atoms with Crippen molar-refractivity contribution in [1.82, 2.24) is 5.32 Å². The number of sulfonamides is 1. The zero-order chi connectivity index (χ0) is 20.9. The Hall–Kier alpha value is -3.13. The summed E-state index contributed by atoms with van der Waals surface area (Å²) in [7, 11) is -2.04. The van der Waals surface area contributed by atoms with Crippen LogP contribution >= 0.6 is 0 Å². The molecular weight excluding hydrogens is 378 g/mol. The number of nitrogens with zero attached hydrogens (tertiary/aromatic N) is 1. The van der Waals surface area contributed by atoms with Crippen LogP contribution in [0.3, 0.4) is 0 Å². The zero-order valence-electron chi connectivity index (χ0n) is 16.0. The molecule has 7 nitrogen and oxygen atoms in total. The van der Waals surface area contributed by atoms with E-state index in [0.29, 0.717) is 34.6 Å². The molecule has 0 atom stereocenters. The van der Waals surface area contributed by atoms with Crippen molar-refractivity contribution in [2.45, 2.75) is 6.92 Å². The lowest BCUT2D eigenvalue weighted by Gasteiger charge is -2.20. The standard InChI is InChI=1S/C20H23N3O4S/c1-5-13-21-19(24)16-9-6-7-11-17(16)22-20(25)15-10-8-12-18(14(15)2)23(3)28(4,26)27/h5-12H,1,13H2,2-4H3,(H,21,24)(H,22,25). The molecule has 0 radical (unpaired) electrons. The minimum absolute atomic E-state index is 0.306. The Morgan fingerprint density at radius 3 is 2.36 bits per heavy atom. The molecular formula is C20H23N3O4S. The van der Waals surface area contributed by atoms with Crippen LogP contribution in [0.4, 0.5) is 11.4 Å². The molecule has 2 amide bonds. The highest BCUT2D eigenvalue weighted by Crippen LogP contribution is 2.25. The quantitative estimate of drug-likeness (QED) is 0.697. The van der Waals surface area contributed by atoms with Crippen molar-refractivity contribution in [2.24, 2.45) is 0 Å². The normalized spacial score (nSPS) is 10.8. The Morgan fingerprint density at radius 2 is 1.71 bits per heavy atom. The van der Waals surface area contributed by atoms with Crippen molar-refractivity contribution >= 4 is 33.2 Å². The molecule has 0 fully saturated rings. The summed E-state index contributed by atoms with van der Waals surface area (Å²) in [5.41, 5.74) is 1.91. The maximum atomic E-state index is 12.8. The fraction of sp³-hybridized carbons (Fsp3) is 0.200. The van der Waals surface area contributed by atoms with Crippen LogP contribution in [-0.2, 0) is 10.0 Å². The fourth-order valence-electron chi connectivity index (χ4n) is 2.63. The van der Waals surface area contributed by atoms with E-state index in [2.05, 4.69) is 17.2 Å². The Balaban J connectivity index is 2.35. The highest BCUT2D eigenvalue weighted by atomic mass is 32.2. The number of para-hydroxylation sites is 1. The fourth-order valence-corrected chi connectivity index (χ4v) is 3.18. The predicted molar refractivity (Wildman–Crippen MR) is 111 cm³/mol. The Morgan fingerprint density at radius 1 is 1.07 bits per heavy atom. The van der Waals surface area contributed by atoms with Crippen LogP contribution in [0.15, 0.2) is 55.1 Å². The van der Waals surface area contributed by atoms with Gasteiger partial charge < -0.3 is 10.6 Å². The van der Waals surface area contributed by atoms with Gasteiger partial charge in [0.25, 0.3) is 11.8 Å². The van der Waals surface area contributed by atoms with Gasteiger partial charge in [-0.25, -0.2) is 8.42 Å². The topological polar surface area (TPSA) is 95.6 Å². The molecule has 2 N–H and O–H groups in total. The number of benzene rings is 2. The van der Waals surface area contributed by atoms with Crippen molar-refractivity contribution in [3.05, 3.63) is 71.8 Å².